The van der Waals surface area contributed by atoms with Crippen LogP contribution in [0, 0.1) is 0 Å². The van der Waals surface area contributed by atoms with Crippen LogP contribution in [-0.4, -0.2) is 31.3 Å². The number of anilines is 1. The Morgan fingerprint density at radius 1 is 1.14 bits per heavy atom. The molecule has 0 aliphatic carbocycles. The SMILES string of the molecule is COc1nc2c(nc1-c1ccccc1)C(N)=NS(=O)(=O)N2. The van der Waals surface area contributed by atoms with Gasteiger partial charge >= 0.3 is 10.2 Å². The average molecular weight is 305 g/mol. The van der Waals surface area contributed by atoms with Crippen LogP contribution >= 0.6 is 0 Å². The number of fused-ring (bicyclic) bond motifs is 1. The largest absolute Gasteiger partial charge is 0.479 e. The summed E-state index contributed by atoms with van der Waals surface area (Å²) in [6.07, 6.45) is 0. The molecular weight excluding hydrogens is 294 g/mol. The molecule has 1 aliphatic rings. The summed E-state index contributed by atoms with van der Waals surface area (Å²) in [4.78, 5) is 8.45. The molecule has 2 heterocycles. The minimum Gasteiger partial charge on any atom is -0.479 e. The molecular formula is C12H11N5O3S. The van der Waals surface area contributed by atoms with Crippen LogP contribution in [-0.2, 0) is 10.2 Å². The Morgan fingerprint density at radius 3 is 2.52 bits per heavy atom. The number of nitrogens with one attached hydrogen (secondary N) is 1. The van der Waals surface area contributed by atoms with Crippen molar-refractivity contribution in [2.45, 2.75) is 0 Å². The standard InChI is InChI=1S/C12H11N5O3S/c1-20-12-8(7-5-3-2-4-6-7)14-9-10(13)16-21(18,19)17-11(9)15-12/h2-6H,1H3,(H2,13,16)(H,15,17). The molecule has 0 atom stereocenters. The Bertz CT molecular complexity index is 833. The predicted octanol–water partition coefficient (Wildman–Crippen LogP) is 0.528. The molecule has 0 unspecified atom stereocenters. The van der Waals surface area contributed by atoms with Crippen molar-refractivity contribution < 1.29 is 13.2 Å². The van der Waals surface area contributed by atoms with E-state index in [9.17, 15) is 8.42 Å². The van der Waals surface area contributed by atoms with E-state index in [4.69, 9.17) is 10.5 Å². The van der Waals surface area contributed by atoms with E-state index in [0.717, 1.165) is 5.56 Å². The first-order chi connectivity index (χ1) is 10.00. The number of nitrogens with two attached hydrogens (primary N) is 1. The Morgan fingerprint density at radius 2 is 1.86 bits per heavy atom. The van der Waals surface area contributed by atoms with Crippen LogP contribution in [0.4, 0.5) is 5.82 Å². The molecule has 0 fully saturated rings. The van der Waals surface area contributed by atoms with Gasteiger partial charge in [0.1, 0.15) is 5.69 Å². The second-order valence-corrected chi connectivity index (χ2v) is 5.54. The maximum absolute atomic E-state index is 11.5. The summed E-state index contributed by atoms with van der Waals surface area (Å²) >= 11 is 0. The molecule has 0 radical (unpaired) electrons. The Kier molecular flexibility index (Phi) is 2.98. The maximum atomic E-state index is 11.5. The molecule has 1 aromatic carbocycles. The van der Waals surface area contributed by atoms with Crippen molar-refractivity contribution in [1.82, 2.24) is 9.97 Å². The number of hydrogen-bond acceptors (Lipinski definition) is 6. The van der Waals surface area contributed by atoms with Gasteiger partial charge < -0.3 is 10.5 Å². The lowest BCUT2D eigenvalue weighted by Gasteiger charge is -2.16. The molecule has 8 nitrogen and oxygen atoms in total. The summed E-state index contributed by atoms with van der Waals surface area (Å²) in [5, 5.41) is 0. The average Bonchev–Trinajstić information content (AvgIpc) is 2.45. The zero-order chi connectivity index (χ0) is 15.0. The molecule has 9 heteroatoms. The van der Waals surface area contributed by atoms with Crippen LogP contribution in [0.5, 0.6) is 5.88 Å². The van der Waals surface area contributed by atoms with E-state index in [1.807, 2.05) is 30.3 Å². The van der Waals surface area contributed by atoms with Crippen LogP contribution in [0.1, 0.15) is 5.69 Å². The Hall–Kier alpha value is -2.68. The summed E-state index contributed by atoms with van der Waals surface area (Å²) in [5.41, 5.74) is 7.04. The first-order valence-electron chi connectivity index (χ1n) is 5.90. The highest BCUT2D eigenvalue weighted by atomic mass is 32.2. The number of benzene rings is 1. The fraction of sp³-hybridized carbons (Fsp3) is 0.0833. The van der Waals surface area contributed by atoms with E-state index < -0.39 is 10.2 Å². The van der Waals surface area contributed by atoms with E-state index >= 15 is 0 Å². The molecule has 0 spiro atoms. The van der Waals surface area contributed by atoms with E-state index in [2.05, 4.69) is 19.1 Å². The third-order valence-corrected chi connectivity index (χ3v) is 3.68. The zero-order valence-electron chi connectivity index (χ0n) is 10.9. The number of aromatic nitrogens is 2. The predicted molar refractivity (Wildman–Crippen MR) is 77.3 cm³/mol. The molecule has 0 saturated carbocycles. The topological polar surface area (TPSA) is 120 Å². The van der Waals surface area contributed by atoms with Crippen molar-refractivity contribution >= 4 is 21.9 Å². The van der Waals surface area contributed by atoms with Crippen LogP contribution in [0.15, 0.2) is 34.7 Å². The molecule has 21 heavy (non-hydrogen) atoms. The normalized spacial score (nSPS) is 15.6. The van der Waals surface area contributed by atoms with Gasteiger partial charge in [0.05, 0.1) is 7.11 Å². The number of ether oxygens (including phenoxy) is 1. The lowest BCUT2D eigenvalue weighted by atomic mass is 10.1. The van der Waals surface area contributed by atoms with Crippen molar-refractivity contribution in [3.63, 3.8) is 0 Å². The minimum atomic E-state index is -3.89. The van der Waals surface area contributed by atoms with Gasteiger partial charge in [-0.05, 0) is 0 Å². The molecule has 0 saturated heterocycles. The minimum absolute atomic E-state index is 0.000897. The van der Waals surface area contributed by atoms with Gasteiger partial charge in [0.25, 0.3) is 0 Å². The summed E-state index contributed by atoms with van der Waals surface area (Å²) < 4.78 is 33.7. The summed E-state index contributed by atoms with van der Waals surface area (Å²) in [6, 6.07) is 9.22. The van der Waals surface area contributed by atoms with Gasteiger partial charge in [-0.15, -0.1) is 4.40 Å². The third-order valence-electron chi connectivity index (χ3n) is 2.79. The first kappa shape index (κ1) is 13.3. The smallest absolute Gasteiger partial charge is 0.345 e. The number of nitrogens with zero attached hydrogens (tertiary/aromatic N) is 3. The molecule has 1 aliphatic heterocycles. The lowest BCUT2D eigenvalue weighted by Crippen LogP contribution is -2.28. The van der Waals surface area contributed by atoms with Gasteiger partial charge in [0, 0.05) is 5.56 Å². The van der Waals surface area contributed by atoms with E-state index in [-0.39, 0.29) is 23.2 Å². The Balaban J connectivity index is 2.24. The molecule has 0 bridgehead atoms. The van der Waals surface area contributed by atoms with Gasteiger partial charge in [-0.25, -0.2) is 9.71 Å². The second kappa shape index (κ2) is 4.70. The number of hydrogen-bond donors (Lipinski definition) is 2. The van der Waals surface area contributed by atoms with Crippen molar-refractivity contribution in [3.05, 3.63) is 36.0 Å². The van der Waals surface area contributed by atoms with Gasteiger partial charge in [-0.2, -0.15) is 13.4 Å². The van der Waals surface area contributed by atoms with E-state index in [1.54, 1.807) is 0 Å². The fourth-order valence-corrected chi connectivity index (χ4v) is 2.69. The molecule has 1 aromatic heterocycles. The molecule has 3 rings (SSSR count). The molecule has 2 aromatic rings. The van der Waals surface area contributed by atoms with Crippen LogP contribution in [0.3, 0.4) is 0 Å². The van der Waals surface area contributed by atoms with Crippen molar-refractivity contribution in [3.8, 4) is 17.1 Å². The van der Waals surface area contributed by atoms with Crippen LogP contribution in [0.25, 0.3) is 11.3 Å². The van der Waals surface area contributed by atoms with E-state index in [0.29, 0.717) is 5.69 Å². The molecule has 0 amide bonds. The highest BCUT2D eigenvalue weighted by molar-refractivity contribution is 7.91. The fourth-order valence-electron chi connectivity index (χ4n) is 1.91. The van der Waals surface area contributed by atoms with Crippen molar-refractivity contribution in [1.29, 1.82) is 0 Å². The lowest BCUT2D eigenvalue weighted by molar-refractivity contribution is 0.398. The van der Waals surface area contributed by atoms with Crippen molar-refractivity contribution in [2.24, 2.45) is 10.1 Å². The van der Waals surface area contributed by atoms with Gasteiger partial charge in [0.2, 0.25) is 5.88 Å². The number of methoxy groups -OCH3 is 1. The molecule has 108 valence electrons. The second-order valence-electron chi connectivity index (χ2n) is 4.20. The maximum Gasteiger partial charge on any atom is 0.345 e. The first-order valence-corrected chi connectivity index (χ1v) is 7.34. The number of rotatable bonds is 2. The highest BCUT2D eigenvalue weighted by Crippen LogP contribution is 2.30. The zero-order valence-corrected chi connectivity index (χ0v) is 11.8. The van der Waals surface area contributed by atoms with Gasteiger partial charge in [-0.1, -0.05) is 30.3 Å². The third kappa shape index (κ3) is 2.38. The van der Waals surface area contributed by atoms with Gasteiger partial charge in [-0.3, -0.25) is 0 Å². The van der Waals surface area contributed by atoms with Crippen LogP contribution < -0.4 is 15.2 Å². The van der Waals surface area contributed by atoms with Gasteiger partial charge in [0.15, 0.2) is 17.3 Å². The monoisotopic (exact) mass is 305 g/mol. The summed E-state index contributed by atoms with van der Waals surface area (Å²) in [7, 11) is -2.46. The summed E-state index contributed by atoms with van der Waals surface area (Å²) in [6.45, 7) is 0. The molecule has 3 N–H and O–H groups in total. The van der Waals surface area contributed by atoms with Crippen LogP contribution in [0.2, 0.25) is 0 Å². The summed E-state index contributed by atoms with van der Waals surface area (Å²) in [5.74, 6) is -0.0209. The Labute approximate surface area is 120 Å². The van der Waals surface area contributed by atoms with E-state index in [1.165, 1.54) is 7.11 Å². The highest BCUT2D eigenvalue weighted by Gasteiger charge is 2.26. The quantitative estimate of drug-likeness (QED) is 0.835. The number of amidine groups is 1. The van der Waals surface area contributed by atoms with Crippen molar-refractivity contribution in [2.75, 3.05) is 11.8 Å².